The van der Waals surface area contributed by atoms with Crippen molar-refractivity contribution >= 4 is 17.4 Å². The van der Waals surface area contributed by atoms with Gasteiger partial charge in [-0.3, -0.25) is 0 Å². The van der Waals surface area contributed by atoms with Gasteiger partial charge in [-0.25, -0.2) is 14.8 Å². The van der Waals surface area contributed by atoms with Crippen LogP contribution in [0.15, 0.2) is 54.6 Å². The SMILES string of the molecule is Cc1nc2cc(-c3cccc(-c4ccccc4)n3)nn2c(N2CCC(C)(C)CC2)c1C(O)C(=O)O. The van der Waals surface area contributed by atoms with Gasteiger partial charge in [-0.05, 0) is 37.3 Å². The van der Waals surface area contributed by atoms with Crippen molar-refractivity contribution in [2.45, 2.75) is 39.7 Å². The Morgan fingerprint density at radius 1 is 0.971 bits per heavy atom. The van der Waals surface area contributed by atoms with Crippen LogP contribution >= 0.6 is 0 Å². The molecule has 2 N–H and O–H groups in total. The van der Waals surface area contributed by atoms with E-state index >= 15 is 0 Å². The van der Waals surface area contributed by atoms with Crippen LogP contribution in [0.1, 0.15) is 44.1 Å². The second-order valence-electron chi connectivity index (χ2n) is 9.90. The molecule has 1 aromatic carbocycles. The molecule has 0 bridgehead atoms. The zero-order chi connectivity index (χ0) is 24.7. The Kier molecular flexibility index (Phi) is 5.76. The summed E-state index contributed by atoms with van der Waals surface area (Å²) >= 11 is 0. The summed E-state index contributed by atoms with van der Waals surface area (Å²) in [4.78, 5) is 23.3. The van der Waals surface area contributed by atoms with Crippen molar-refractivity contribution in [2.24, 2.45) is 5.41 Å². The fourth-order valence-corrected chi connectivity index (χ4v) is 4.66. The van der Waals surface area contributed by atoms with E-state index in [-0.39, 0.29) is 11.0 Å². The van der Waals surface area contributed by atoms with E-state index in [1.165, 1.54) is 0 Å². The molecule has 35 heavy (non-hydrogen) atoms. The molecule has 1 fully saturated rings. The predicted molar refractivity (Wildman–Crippen MR) is 134 cm³/mol. The minimum Gasteiger partial charge on any atom is -0.479 e. The number of aliphatic hydroxyl groups is 1. The Labute approximate surface area is 203 Å². The first kappa shape index (κ1) is 23.0. The van der Waals surface area contributed by atoms with Crippen LogP contribution in [0.2, 0.25) is 0 Å². The molecule has 1 saturated heterocycles. The molecule has 0 radical (unpaired) electrons. The molecule has 4 heterocycles. The number of benzene rings is 1. The van der Waals surface area contributed by atoms with Crippen molar-refractivity contribution in [3.8, 4) is 22.6 Å². The number of fused-ring (bicyclic) bond motifs is 1. The van der Waals surface area contributed by atoms with Gasteiger partial charge in [0.05, 0.1) is 17.0 Å². The van der Waals surface area contributed by atoms with E-state index < -0.39 is 12.1 Å². The lowest BCUT2D eigenvalue weighted by atomic mass is 9.82. The van der Waals surface area contributed by atoms with Gasteiger partial charge in [0.15, 0.2) is 11.8 Å². The highest BCUT2D eigenvalue weighted by molar-refractivity contribution is 5.78. The highest BCUT2D eigenvalue weighted by atomic mass is 16.4. The van der Waals surface area contributed by atoms with Gasteiger partial charge in [-0.15, -0.1) is 0 Å². The number of nitrogens with zero attached hydrogens (tertiary/aromatic N) is 5. The van der Waals surface area contributed by atoms with Crippen molar-refractivity contribution in [1.29, 1.82) is 0 Å². The highest BCUT2D eigenvalue weighted by Gasteiger charge is 2.33. The summed E-state index contributed by atoms with van der Waals surface area (Å²) in [5, 5.41) is 25.1. The van der Waals surface area contributed by atoms with Crippen LogP contribution in [-0.2, 0) is 4.79 Å². The first-order valence-corrected chi connectivity index (χ1v) is 11.8. The minimum atomic E-state index is -1.69. The van der Waals surface area contributed by atoms with Crippen molar-refractivity contribution in [1.82, 2.24) is 19.6 Å². The smallest absolute Gasteiger partial charge is 0.337 e. The molecule has 3 aromatic heterocycles. The molecule has 1 atom stereocenters. The van der Waals surface area contributed by atoms with Crippen molar-refractivity contribution in [2.75, 3.05) is 18.0 Å². The summed E-state index contributed by atoms with van der Waals surface area (Å²) in [7, 11) is 0. The predicted octanol–water partition coefficient (Wildman–Crippen LogP) is 4.51. The number of pyridine rings is 1. The highest BCUT2D eigenvalue weighted by Crippen LogP contribution is 2.37. The van der Waals surface area contributed by atoms with Gasteiger partial charge in [-0.1, -0.05) is 50.2 Å². The van der Waals surface area contributed by atoms with E-state index in [0.29, 0.717) is 28.5 Å². The molecule has 5 rings (SSSR count). The van der Waals surface area contributed by atoms with Crippen molar-refractivity contribution < 1.29 is 15.0 Å². The Balaban J connectivity index is 1.65. The van der Waals surface area contributed by atoms with E-state index in [2.05, 4.69) is 23.7 Å². The summed E-state index contributed by atoms with van der Waals surface area (Å²) in [6, 6.07) is 17.6. The van der Waals surface area contributed by atoms with E-state index in [1.807, 2.05) is 54.6 Å². The molecule has 0 aliphatic carbocycles. The minimum absolute atomic E-state index is 0.209. The molecule has 1 unspecified atom stereocenters. The second kappa shape index (κ2) is 8.78. The van der Waals surface area contributed by atoms with E-state index in [1.54, 1.807) is 11.4 Å². The summed E-state index contributed by atoms with van der Waals surface area (Å²) in [5.41, 5.74) is 4.73. The molecule has 0 spiro atoms. The number of anilines is 1. The fraction of sp³-hybridized carbons (Fsp3) is 0.333. The quantitative estimate of drug-likeness (QED) is 0.441. The largest absolute Gasteiger partial charge is 0.479 e. The molecule has 180 valence electrons. The first-order valence-electron chi connectivity index (χ1n) is 11.8. The number of aryl methyl sites for hydroxylation is 1. The number of rotatable bonds is 5. The van der Waals surface area contributed by atoms with Crippen LogP contribution in [0.4, 0.5) is 5.82 Å². The van der Waals surface area contributed by atoms with Crippen LogP contribution in [-0.4, -0.2) is 48.9 Å². The third-order valence-electron chi connectivity index (χ3n) is 6.81. The van der Waals surface area contributed by atoms with Crippen LogP contribution in [0.25, 0.3) is 28.3 Å². The number of carbonyl (C=O) groups is 1. The Hall–Kier alpha value is -3.78. The normalized spacial score (nSPS) is 16.4. The number of aromatic nitrogens is 4. The van der Waals surface area contributed by atoms with E-state index in [4.69, 9.17) is 10.1 Å². The van der Waals surface area contributed by atoms with Gasteiger partial charge in [0.2, 0.25) is 0 Å². The maximum atomic E-state index is 11.8. The molecule has 1 aliphatic rings. The molecule has 4 aromatic rings. The molecular weight excluding hydrogens is 442 g/mol. The van der Waals surface area contributed by atoms with Crippen molar-refractivity contribution in [3.05, 3.63) is 65.9 Å². The van der Waals surface area contributed by atoms with Gasteiger partial charge < -0.3 is 15.1 Å². The molecule has 0 amide bonds. The van der Waals surface area contributed by atoms with Gasteiger partial charge in [-0.2, -0.15) is 9.61 Å². The summed E-state index contributed by atoms with van der Waals surface area (Å²) in [6.07, 6.45) is 0.213. The number of aliphatic hydroxyl groups excluding tert-OH is 1. The van der Waals surface area contributed by atoms with E-state index in [9.17, 15) is 15.0 Å². The number of carboxylic acid groups (broad SMARTS) is 1. The van der Waals surface area contributed by atoms with Crippen LogP contribution < -0.4 is 4.90 Å². The Bertz CT molecular complexity index is 1390. The number of carboxylic acids is 1. The first-order chi connectivity index (χ1) is 16.7. The van der Waals surface area contributed by atoms with Gasteiger partial charge in [0.25, 0.3) is 0 Å². The van der Waals surface area contributed by atoms with E-state index in [0.717, 1.165) is 37.2 Å². The number of piperidine rings is 1. The van der Waals surface area contributed by atoms with Crippen LogP contribution in [0, 0.1) is 12.3 Å². The molecule has 8 heteroatoms. The monoisotopic (exact) mass is 471 g/mol. The Morgan fingerprint density at radius 2 is 1.66 bits per heavy atom. The molecule has 8 nitrogen and oxygen atoms in total. The third kappa shape index (κ3) is 4.37. The van der Waals surface area contributed by atoms with Crippen LogP contribution in [0.3, 0.4) is 0 Å². The summed E-state index contributed by atoms with van der Waals surface area (Å²) < 4.78 is 1.67. The van der Waals surface area contributed by atoms with Gasteiger partial charge in [0.1, 0.15) is 11.5 Å². The summed E-state index contributed by atoms with van der Waals surface area (Å²) in [6.45, 7) is 7.69. The van der Waals surface area contributed by atoms with Gasteiger partial charge in [0, 0.05) is 30.4 Å². The summed E-state index contributed by atoms with van der Waals surface area (Å²) in [5.74, 6) is -0.721. The zero-order valence-corrected chi connectivity index (χ0v) is 20.1. The maximum Gasteiger partial charge on any atom is 0.337 e. The lowest BCUT2D eigenvalue weighted by molar-refractivity contribution is -0.147. The number of hydrogen-bond acceptors (Lipinski definition) is 6. The van der Waals surface area contributed by atoms with Crippen LogP contribution in [0.5, 0.6) is 0 Å². The average molecular weight is 472 g/mol. The van der Waals surface area contributed by atoms with Gasteiger partial charge >= 0.3 is 5.97 Å². The fourth-order valence-electron chi connectivity index (χ4n) is 4.66. The number of hydrogen-bond donors (Lipinski definition) is 2. The van der Waals surface area contributed by atoms with Crippen molar-refractivity contribution in [3.63, 3.8) is 0 Å². The Morgan fingerprint density at radius 3 is 2.34 bits per heavy atom. The second-order valence-corrected chi connectivity index (χ2v) is 9.90. The number of aliphatic carboxylic acids is 1. The molecule has 1 aliphatic heterocycles. The molecule has 0 saturated carbocycles. The lowest BCUT2D eigenvalue weighted by Crippen LogP contribution is -2.39. The topological polar surface area (TPSA) is 104 Å². The third-order valence-corrected chi connectivity index (χ3v) is 6.81. The zero-order valence-electron chi connectivity index (χ0n) is 20.1. The average Bonchev–Trinajstić information content (AvgIpc) is 3.27. The lowest BCUT2D eigenvalue weighted by Gasteiger charge is -2.39. The standard InChI is InChI=1S/C27H29N5O3/c1-17-23(24(33)26(34)35)25(31-14-12-27(2,3)13-15-31)32-22(28-17)16-21(30-32)20-11-7-10-19(29-20)18-8-5-4-6-9-18/h4-11,16,24,33H,12-15H2,1-3H3,(H,34,35). The maximum absolute atomic E-state index is 11.8. The molecular formula is C27H29N5O3.